The standard InChI is InChI=1S/C22H26N4O4S/c1-3-5-15-7-9-16(10-8-15)22(2)19(28)26(21(30)25-22)14-18(27)24-20(29)23-12-11-17-6-4-13-31-17/h4,6-10,13H,3,5,11-12,14H2,1-2H3,(H,25,30)(H2,23,24,27,29). The van der Waals surface area contributed by atoms with E-state index in [0.717, 1.165) is 28.2 Å². The van der Waals surface area contributed by atoms with Crippen LogP contribution in [0.4, 0.5) is 9.59 Å². The summed E-state index contributed by atoms with van der Waals surface area (Å²) >= 11 is 1.58. The quantitative estimate of drug-likeness (QED) is 0.546. The summed E-state index contributed by atoms with van der Waals surface area (Å²) in [7, 11) is 0. The third-order valence-electron chi connectivity index (χ3n) is 5.14. The molecule has 9 heteroatoms. The summed E-state index contributed by atoms with van der Waals surface area (Å²) in [6.45, 7) is 3.53. The number of hydrogen-bond donors (Lipinski definition) is 3. The Balaban J connectivity index is 1.55. The molecule has 2 aromatic rings. The van der Waals surface area contributed by atoms with Crippen LogP contribution in [0.15, 0.2) is 41.8 Å². The molecule has 3 N–H and O–H groups in total. The molecule has 1 aromatic carbocycles. The van der Waals surface area contributed by atoms with Crippen molar-refractivity contribution in [1.29, 1.82) is 0 Å². The van der Waals surface area contributed by atoms with Crippen LogP contribution in [0.5, 0.6) is 0 Å². The molecule has 0 spiro atoms. The highest BCUT2D eigenvalue weighted by molar-refractivity contribution is 7.09. The number of urea groups is 2. The van der Waals surface area contributed by atoms with Crippen LogP contribution in [0.2, 0.25) is 0 Å². The molecule has 0 radical (unpaired) electrons. The Morgan fingerprint density at radius 1 is 1.13 bits per heavy atom. The van der Waals surface area contributed by atoms with E-state index in [4.69, 9.17) is 0 Å². The van der Waals surface area contributed by atoms with Gasteiger partial charge < -0.3 is 10.6 Å². The monoisotopic (exact) mass is 442 g/mol. The second-order valence-electron chi connectivity index (χ2n) is 7.53. The Bertz CT molecular complexity index is 958. The van der Waals surface area contributed by atoms with Crippen molar-refractivity contribution in [2.75, 3.05) is 13.1 Å². The zero-order valence-corrected chi connectivity index (χ0v) is 18.4. The molecule has 1 aliphatic rings. The fourth-order valence-corrected chi connectivity index (χ4v) is 4.15. The molecule has 1 saturated heterocycles. The first-order valence-corrected chi connectivity index (χ1v) is 11.0. The third-order valence-corrected chi connectivity index (χ3v) is 6.07. The predicted octanol–water partition coefficient (Wildman–Crippen LogP) is 2.54. The van der Waals surface area contributed by atoms with Crippen LogP contribution in [-0.4, -0.2) is 41.9 Å². The van der Waals surface area contributed by atoms with Crippen molar-refractivity contribution in [1.82, 2.24) is 20.9 Å². The van der Waals surface area contributed by atoms with Gasteiger partial charge in [-0.2, -0.15) is 0 Å². The van der Waals surface area contributed by atoms with Crippen molar-refractivity contribution >= 4 is 35.2 Å². The molecule has 1 fully saturated rings. The first-order chi connectivity index (χ1) is 14.8. The second-order valence-corrected chi connectivity index (χ2v) is 8.56. The lowest BCUT2D eigenvalue weighted by Crippen LogP contribution is -2.47. The number of amides is 6. The van der Waals surface area contributed by atoms with Crippen molar-refractivity contribution < 1.29 is 19.2 Å². The van der Waals surface area contributed by atoms with Gasteiger partial charge in [0.1, 0.15) is 12.1 Å². The van der Waals surface area contributed by atoms with E-state index >= 15 is 0 Å². The molecule has 6 amide bonds. The minimum atomic E-state index is -1.26. The Morgan fingerprint density at radius 2 is 1.87 bits per heavy atom. The van der Waals surface area contributed by atoms with Gasteiger partial charge in [0.15, 0.2) is 0 Å². The van der Waals surface area contributed by atoms with Gasteiger partial charge in [-0.3, -0.25) is 19.8 Å². The summed E-state index contributed by atoms with van der Waals surface area (Å²) in [6, 6.07) is 10.0. The van der Waals surface area contributed by atoms with Crippen molar-refractivity contribution in [3.05, 3.63) is 57.8 Å². The van der Waals surface area contributed by atoms with E-state index in [1.54, 1.807) is 18.3 Å². The Hall–Kier alpha value is -3.20. The molecule has 1 aliphatic heterocycles. The number of thiophene rings is 1. The first-order valence-electron chi connectivity index (χ1n) is 10.2. The topological polar surface area (TPSA) is 108 Å². The highest BCUT2D eigenvalue weighted by atomic mass is 32.1. The van der Waals surface area contributed by atoms with E-state index < -0.39 is 36.0 Å². The molecule has 164 valence electrons. The Labute approximate surface area is 185 Å². The molecule has 1 unspecified atom stereocenters. The number of benzene rings is 1. The van der Waals surface area contributed by atoms with Crippen LogP contribution in [0, 0.1) is 0 Å². The largest absolute Gasteiger partial charge is 0.337 e. The normalized spacial score (nSPS) is 18.1. The minimum Gasteiger partial charge on any atom is -0.337 e. The van der Waals surface area contributed by atoms with E-state index in [1.807, 2.05) is 41.8 Å². The van der Waals surface area contributed by atoms with E-state index in [9.17, 15) is 19.2 Å². The maximum atomic E-state index is 12.9. The Morgan fingerprint density at radius 3 is 2.52 bits per heavy atom. The molecule has 31 heavy (non-hydrogen) atoms. The fraction of sp³-hybridized carbons (Fsp3) is 0.364. The number of imide groups is 2. The van der Waals surface area contributed by atoms with Gasteiger partial charge in [-0.1, -0.05) is 43.7 Å². The molecule has 3 rings (SSSR count). The predicted molar refractivity (Wildman–Crippen MR) is 118 cm³/mol. The molecule has 1 aromatic heterocycles. The molecular weight excluding hydrogens is 416 g/mol. The third kappa shape index (κ3) is 5.29. The van der Waals surface area contributed by atoms with Gasteiger partial charge >= 0.3 is 12.1 Å². The van der Waals surface area contributed by atoms with E-state index in [2.05, 4.69) is 22.9 Å². The van der Waals surface area contributed by atoms with Crippen molar-refractivity contribution in [3.63, 3.8) is 0 Å². The number of rotatable bonds is 8. The SMILES string of the molecule is CCCc1ccc(C2(C)NC(=O)N(CC(=O)NC(=O)NCCc3cccs3)C2=O)cc1. The van der Waals surface area contributed by atoms with E-state index in [0.29, 0.717) is 18.5 Å². The van der Waals surface area contributed by atoms with Crippen LogP contribution in [0.3, 0.4) is 0 Å². The van der Waals surface area contributed by atoms with Crippen molar-refractivity contribution in [3.8, 4) is 0 Å². The van der Waals surface area contributed by atoms with Crippen LogP contribution in [0.25, 0.3) is 0 Å². The van der Waals surface area contributed by atoms with Gasteiger partial charge in [0.25, 0.3) is 5.91 Å². The number of aryl methyl sites for hydroxylation is 1. The molecule has 2 heterocycles. The zero-order valence-electron chi connectivity index (χ0n) is 17.6. The molecule has 0 aliphatic carbocycles. The van der Waals surface area contributed by atoms with Crippen LogP contribution in [-0.2, 0) is 28.0 Å². The van der Waals surface area contributed by atoms with E-state index in [1.165, 1.54) is 0 Å². The van der Waals surface area contributed by atoms with Gasteiger partial charge in [0.05, 0.1) is 0 Å². The van der Waals surface area contributed by atoms with Crippen LogP contribution >= 0.6 is 11.3 Å². The number of carbonyl (C=O) groups is 4. The lowest BCUT2D eigenvalue weighted by atomic mass is 9.91. The van der Waals surface area contributed by atoms with Gasteiger partial charge in [-0.15, -0.1) is 11.3 Å². The summed E-state index contributed by atoms with van der Waals surface area (Å²) in [5, 5.41) is 9.36. The highest BCUT2D eigenvalue weighted by Crippen LogP contribution is 2.29. The molecule has 0 saturated carbocycles. The molecule has 0 bridgehead atoms. The van der Waals surface area contributed by atoms with Gasteiger partial charge in [0, 0.05) is 11.4 Å². The number of nitrogens with one attached hydrogen (secondary N) is 3. The summed E-state index contributed by atoms with van der Waals surface area (Å²) in [4.78, 5) is 51.4. The summed E-state index contributed by atoms with van der Waals surface area (Å²) in [5.41, 5.74) is 0.526. The van der Waals surface area contributed by atoms with E-state index in [-0.39, 0.29) is 0 Å². The number of carbonyl (C=O) groups excluding carboxylic acids is 4. The maximum Gasteiger partial charge on any atom is 0.325 e. The summed E-state index contributed by atoms with van der Waals surface area (Å²) in [5.74, 6) is -1.27. The summed E-state index contributed by atoms with van der Waals surface area (Å²) in [6.07, 6.45) is 2.59. The number of hydrogen-bond acceptors (Lipinski definition) is 5. The second kappa shape index (κ2) is 9.74. The smallest absolute Gasteiger partial charge is 0.325 e. The summed E-state index contributed by atoms with van der Waals surface area (Å²) < 4.78 is 0. The molecule has 8 nitrogen and oxygen atoms in total. The van der Waals surface area contributed by atoms with Crippen LogP contribution in [0.1, 0.15) is 36.3 Å². The van der Waals surface area contributed by atoms with Gasteiger partial charge in [-0.25, -0.2) is 9.59 Å². The lowest BCUT2D eigenvalue weighted by molar-refractivity contribution is -0.134. The fourth-order valence-electron chi connectivity index (χ4n) is 3.44. The average Bonchev–Trinajstić information content (AvgIpc) is 3.32. The lowest BCUT2D eigenvalue weighted by Gasteiger charge is -2.22. The first kappa shape index (κ1) is 22.5. The van der Waals surface area contributed by atoms with Gasteiger partial charge in [-0.05, 0) is 42.3 Å². The van der Waals surface area contributed by atoms with Crippen molar-refractivity contribution in [2.45, 2.75) is 38.6 Å². The zero-order chi connectivity index (χ0) is 22.4. The number of nitrogens with zero attached hydrogens (tertiary/aromatic N) is 1. The van der Waals surface area contributed by atoms with Gasteiger partial charge in [0.2, 0.25) is 5.91 Å². The molecular formula is C22H26N4O4S. The van der Waals surface area contributed by atoms with Crippen molar-refractivity contribution in [2.24, 2.45) is 0 Å². The molecule has 1 atom stereocenters. The minimum absolute atomic E-state index is 0.370. The average molecular weight is 443 g/mol. The highest BCUT2D eigenvalue weighted by Gasteiger charge is 2.49. The van der Waals surface area contributed by atoms with Crippen LogP contribution < -0.4 is 16.0 Å². The Kier molecular flexibility index (Phi) is 7.06. The maximum absolute atomic E-state index is 12.9.